The molecule has 0 spiro atoms. The van der Waals surface area contributed by atoms with Gasteiger partial charge in [0.25, 0.3) is 5.91 Å². The second kappa shape index (κ2) is 9.69. The zero-order valence-electron chi connectivity index (χ0n) is 17.0. The van der Waals surface area contributed by atoms with Crippen molar-refractivity contribution in [1.82, 2.24) is 15.0 Å². The lowest BCUT2D eigenvalue weighted by Gasteiger charge is -2.11. The Labute approximate surface area is 176 Å². The van der Waals surface area contributed by atoms with Gasteiger partial charge in [-0.05, 0) is 43.2 Å². The number of hydrogen-bond donors (Lipinski definition) is 2. The van der Waals surface area contributed by atoms with Crippen LogP contribution in [-0.4, -0.2) is 39.0 Å². The maximum atomic E-state index is 12.5. The number of para-hydroxylation sites is 1. The molecule has 3 rings (SSSR count). The monoisotopic (exact) mass is 427 g/mol. The molecule has 2 N–H and O–H groups in total. The first-order valence-corrected chi connectivity index (χ1v) is 11.3. The third-order valence-electron chi connectivity index (χ3n) is 4.56. The van der Waals surface area contributed by atoms with E-state index in [1.165, 1.54) is 12.1 Å². The first kappa shape index (κ1) is 21.7. The highest BCUT2D eigenvalue weighted by Gasteiger charge is 2.17. The number of aryl methyl sites for hydroxylation is 1. The molecule has 30 heavy (non-hydrogen) atoms. The first-order valence-electron chi connectivity index (χ1n) is 9.77. The number of carbonyl (C=O) groups is 1. The SMILES string of the molecule is CCNS(=O)(=O)c1ccc(C)c(C(=O)NCCCOc2cccc3cccnc23)c1. The minimum absolute atomic E-state index is 0.0758. The molecule has 0 saturated heterocycles. The summed E-state index contributed by atoms with van der Waals surface area (Å²) in [7, 11) is -3.62. The Morgan fingerprint density at radius 2 is 1.93 bits per heavy atom. The van der Waals surface area contributed by atoms with Crippen LogP contribution in [0.5, 0.6) is 5.75 Å². The Morgan fingerprint density at radius 3 is 2.73 bits per heavy atom. The second-order valence-electron chi connectivity index (χ2n) is 6.77. The van der Waals surface area contributed by atoms with E-state index < -0.39 is 10.0 Å². The largest absolute Gasteiger partial charge is 0.491 e. The van der Waals surface area contributed by atoms with Gasteiger partial charge in [0.1, 0.15) is 11.3 Å². The van der Waals surface area contributed by atoms with Crippen molar-refractivity contribution in [3.05, 3.63) is 65.9 Å². The molecule has 1 heterocycles. The Bertz CT molecular complexity index is 1140. The highest BCUT2D eigenvalue weighted by molar-refractivity contribution is 7.89. The van der Waals surface area contributed by atoms with Gasteiger partial charge in [0.15, 0.2) is 0 Å². The van der Waals surface area contributed by atoms with Gasteiger partial charge in [-0.3, -0.25) is 9.78 Å². The van der Waals surface area contributed by atoms with E-state index >= 15 is 0 Å². The normalized spacial score (nSPS) is 11.4. The van der Waals surface area contributed by atoms with Gasteiger partial charge >= 0.3 is 0 Å². The summed E-state index contributed by atoms with van der Waals surface area (Å²) >= 11 is 0. The molecule has 0 aliphatic rings. The van der Waals surface area contributed by atoms with Crippen molar-refractivity contribution in [2.75, 3.05) is 19.7 Å². The van der Waals surface area contributed by atoms with Crippen molar-refractivity contribution >= 4 is 26.8 Å². The molecule has 8 heteroatoms. The van der Waals surface area contributed by atoms with Crippen LogP contribution in [0.25, 0.3) is 10.9 Å². The third-order valence-corrected chi connectivity index (χ3v) is 6.10. The van der Waals surface area contributed by atoms with Gasteiger partial charge in [0.2, 0.25) is 10.0 Å². The Kier molecular flexibility index (Phi) is 7.02. The van der Waals surface area contributed by atoms with Gasteiger partial charge in [0.05, 0.1) is 11.5 Å². The molecular weight excluding hydrogens is 402 g/mol. The van der Waals surface area contributed by atoms with Crippen molar-refractivity contribution in [3.63, 3.8) is 0 Å². The lowest BCUT2D eigenvalue weighted by atomic mass is 10.1. The number of amides is 1. The summed E-state index contributed by atoms with van der Waals surface area (Å²) in [5, 5.41) is 3.83. The zero-order valence-corrected chi connectivity index (χ0v) is 17.8. The molecular formula is C22H25N3O4S. The van der Waals surface area contributed by atoms with Crippen molar-refractivity contribution in [1.29, 1.82) is 0 Å². The predicted molar refractivity (Wildman–Crippen MR) is 116 cm³/mol. The second-order valence-corrected chi connectivity index (χ2v) is 8.53. The number of ether oxygens (including phenoxy) is 1. The Balaban J connectivity index is 1.56. The molecule has 0 atom stereocenters. The van der Waals surface area contributed by atoms with Crippen LogP contribution >= 0.6 is 0 Å². The number of aromatic nitrogens is 1. The topological polar surface area (TPSA) is 97.4 Å². The molecule has 1 aromatic heterocycles. The van der Waals surface area contributed by atoms with Crippen LogP contribution in [0.3, 0.4) is 0 Å². The van der Waals surface area contributed by atoms with E-state index in [-0.39, 0.29) is 17.3 Å². The van der Waals surface area contributed by atoms with Crippen LogP contribution in [0.2, 0.25) is 0 Å². The molecule has 7 nitrogen and oxygen atoms in total. The number of pyridine rings is 1. The lowest BCUT2D eigenvalue weighted by molar-refractivity contribution is 0.0950. The number of fused-ring (bicyclic) bond motifs is 1. The van der Waals surface area contributed by atoms with Crippen molar-refractivity contribution in [3.8, 4) is 5.75 Å². The summed E-state index contributed by atoms with van der Waals surface area (Å²) in [6, 6.07) is 14.1. The van der Waals surface area contributed by atoms with E-state index in [4.69, 9.17) is 4.74 Å². The molecule has 3 aromatic rings. The summed E-state index contributed by atoms with van der Waals surface area (Å²) in [4.78, 5) is 17.0. The quantitative estimate of drug-likeness (QED) is 0.512. The molecule has 0 radical (unpaired) electrons. The minimum atomic E-state index is -3.62. The number of rotatable bonds is 9. The maximum Gasteiger partial charge on any atom is 0.251 e. The molecule has 0 fully saturated rings. The van der Waals surface area contributed by atoms with E-state index in [1.54, 1.807) is 26.1 Å². The number of benzene rings is 2. The Hall–Kier alpha value is -2.97. The smallest absolute Gasteiger partial charge is 0.251 e. The van der Waals surface area contributed by atoms with Crippen molar-refractivity contribution in [2.45, 2.75) is 25.2 Å². The molecule has 0 unspecified atom stereocenters. The van der Waals surface area contributed by atoms with Gasteiger partial charge in [-0.1, -0.05) is 31.2 Å². The van der Waals surface area contributed by atoms with Crippen LogP contribution in [0.15, 0.2) is 59.6 Å². The Morgan fingerprint density at radius 1 is 1.13 bits per heavy atom. The molecule has 1 amide bonds. The molecule has 2 aromatic carbocycles. The van der Waals surface area contributed by atoms with E-state index in [0.29, 0.717) is 36.4 Å². The number of carbonyl (C=O) groups excluding carboxylic acids is 1. The fourth-order valence-electron chi connectivity index (χ4n) is 3.03. The van der Waals surface area contributed by atoms with Crippen molar-refractivity contribution in [2.24, 2.45) is 0 Å². The average Bonchev–Trinajstić information content (AvgIpc) is 2.73. The fraction of sp³-hybridized carbons (Fsp3) is 0.273. The number of sulfonamides is 1. The third kappa shape index (κ3) is 5.14. The van der Waals surface area contributed by atoms with Crippen LogP contribution in [0, 0.1) is 6.92 Å². The van der Waals surface area contributed by atoms with Crippen LogP contribution in [-0.2, 0) is 10.0 Å². The maximum absolute atomic E-state index is 12.5. The number of hydrogen-bond acceptors (Lipinski definition) is 5. The molecule has 0 aliphatic carbocycles. The van der Waals surface area contributed by atoms with Gasteiger partial charge < -0.3 is 10.1 Å². The molecule has 0 aliphatic heterocycles. The van der Waals surface area contributed by atoms with Crippen molar-refractivity contribution < 1.29 is 17.9 Å². The predicted octanol–water partition coefficient (Wildman–Crippen LogP) is 3.04. The highest BCUT2D eigenvalue weighted by atomic mass is 32.2. The van der Waals surface area contributed by atoms with Gasteiger partial charge in [0, 0.05) is 30.2 Å². The van der Waals surface area contributed by atoms with E-state index in [9.17, 15) is 13.2 Å². The van der Waals surface area contributed by atoms with Crippen LogP contribution < -0.4 is 14.8 Å². The summed E-state index contributed by atoms with van der Waals surface area (Å²) in [6.07, 6.45) is 2.32. The minimum Gasteiger partial charge on any atom is -0.491 e. The summed E-state index contributed by atoms with van der Waals surface area (Å²) in [5.74, 6) is 0.393. The summed E-state index contributed by atoms with van der Waals surface area (Å²) < 4.78 is 32.6. The van der Waals surface area contributed by atoms with E-state index in [2.05, 4.69) is 15.0 Å². The average molecular weight is 428 g/mol. The number of nitrogens with one attached hydrogen (secondary N) is 2. The first-order chi connectivity index (χ1) is 14.4. The standard InChI is InChI=1S/C22H25N3O4S/c1-3-25-30(27,28)18-11-10-16(2)19(15-18)22(26)24-13-6-14-29-20-9-4-7-17-8-5-12-23-21(17)20/h4-5,7-12,15,25H,3,6,13-14H2,1-2H3,(H,24,26). The summed E-state index contributed by atoms with van der Waals surface area (Å²) in [5.41, 5.74) is 1.85. The highest BCUT2D eigenvalue weighted by Crippen LogP contribution is 2.23. The van der Waals surface area contributed by atoms with Gasteiger partial charge in [-0.15, -0.1) is 0 Å². The lowest BCUT2D eigenvalue weighted by Crippen LogP contribution is -2.27. The van der Waals surface area contributed by atoms with Crippen LogP contribution in [0.1, 0.15) is 29.3 Å². The van der Waals surface area contributed by atoms with E-state index in [1.807, 2.05) is 30.3 Å². The molecule has 0 bridgehead atoms. The molecule has 158 valence electrons. The number of nitrogens with zero attached hydrogens (tertiary/aromatic N) is 1. The van der Waals surface area contributed by atoms with E-state index in [0.717, 1.165) is 10.9 Å². The zero-order chi connectivity index (χ0) is 21.6. The van der Waals surface area contributed by atoms with Gasteiger partial charge in [-0.25, -0.2) is 13.1 Å². The summed E-state index contributed by atoms with van der Waals surface area (Å²) in [6.45, 7) is 4.58. The molecule has 0 saturated carbocycles. The fourth-order valence-corrected chi connectivity index (χ4v) is 4.10. The van der Waals surface area contributed by atoms with Crippen LogP contribution in [0.4, 0.5) is 0 Å². The van der Waals surface area contributed by atoms with Gasteiger partial charge in [-0.2, -0.15) is 0 Å².